The van der Waals surface area contributed by atoms with Crippen LogP contribution in [0.4, 0.5) is 5.69 Å². The smallest absolute Gasteiger partial charge is 0.242 e. The van der Waals surface area contributed by atoms with E-state index >= 15 is 0 Å². The van der Waals surface area contributed by atoms with E-state index in [1.165, 1.54) is 11.8 Å². The van der Waals surface area contributed by atoms with Gasteiger partial charge in [-0.3, -0.25) is 14.5 Å². The van der Waals surface area contributed by atoms with Crippen molar-refractivity contribution in [3.8, 4) is 0 Å². The molecule has 0 bridgehead atoms. The summed E-state index contributed by atoms with van der Waals surface area (Å²) in [7, 11) is 0. The molecule has 2 aromatic carbocycles. The minimum atomic E-state index is -0.493. The van der Waals surface area contributed by atoms with Crippen LogP contribution in [-0.2, 0) is 4.79 Å². The molecular weight excluding hydrogens is 448 g/mol. The molecule has 0 aromatic heterocycles. The fraction of sp³-hybridized carbons (Fsp3) is 0.150. The summed E-state index contributed by atoms with van der Waals surface area (Å²) in [5.41, 5.74) is 1.29. The first-order valence-corrected chi connectivity index (χ1v) is 10.2. The molecule has 1 unspecified atom stereocenters. The van der Waals surface area contributed by atoms with Crippen molar-refractivity contribution in [3.63, 3.8) is 0 Å². The zero-order valence-corrected chi connectivity index (χ0v) is 17.4. The van der Waals surface area contributed by atoms with Crippen LogP contribution in [0.3, 0.4) is 0 Å². The maximum Gasteiger partial charge on any atom is 0.242 e. The lowest BCUT2D eigenvalue weighted by atomic mass is 10.1. The van der Waals surface area contributed by atoms with Crippen LogP contribution in [0.25, 0.3) is 0 Å². The van der Waals surface area contributed by atoms with Crippen molar-refractivity contribution in [1.29, 1.82) is 0 Å². The van der Waals surface area contributed by atoms with Crippen LogP contribution in [0.5, 0.6) is 0 Å². The molecule has 3 rings (SSSR count). The molecule has 2 aromatic rings. The van der Waals surface area contributed by atoms with Gasteiger partial charge in [-0.1, -0.05) is 57.5 Å². The molecule has 1 saturated heterocycles. The molecule has 0 N–H and O–H groups in total. The number of hydrogen-bond acceptors (Lipinski definition) is 4. The molecule has 0 radical (unpaired) electrons. The highest BCUT2D eigenvalue weighted by Crippen LogP contribution is 2.32. The third kappa shape index (κ3) is 4.89. The first kappa shape index (κ1) is 19.9. The SMILES string of the molecule is C=CCN1C(=O)C(CC(=O)c2ccc(Br)cc2)SC1=Nc1ccc(Cl)cc1. The molecular formula is C20H16BrClN2O2S. The van der Waals surface area contributed by atoms with Gasteiger partial charge in [-0.2, -0.15) is 0 Å². The van der Waals surface area contributed by atoms with Crippen molar-refractivity contribution >= 4 is 61.8 Å². The summed E-state index contributed by atoms with van der Waals surface area (Å²) in [4.78, 5) is 31.4. The largest absolute Gasteiger partial charge is 0.294 e. The van der Waals surface area contributed by atoms with E-state index in [2.05, 4.69) is 27.5 Å². The van der Waals surface area contributed by atoms with Gasteiger partial charge in [0.05, 0.1) is 10.9 Å². The van der Waals surface area contributed by atoms with Gasteiger partial charge in [-0.25, -0.2) is 4.99 Å². The summed E-state index contributed by atoms with van der Waals surface area (Å²) < 4.78 is 0.903. The number of carbonyl (C=O) groups excluding carboxylic acids is 2. The molecule has 1 atom stereocenters. The van der Waals surface area contributed by atoms with Crippen LogP contribution in [-0.4, -0.2) is 33.6 Å². The average Bonchev–Trinajstić information content (AvgIpc) is 2.93. The van der Waals surface area contributed by atoms with Crippen molar-refractivity contribution < 1.29 is 9.59 Å². The Hall–Kier alpha value is -1.89. The molecule has 27 heavy (non-hydrogen) atoms. The van der Waals surface area contributed by atoms with Gasteiger partial charge in [0.15, 0.2) is 11.0 Å². The zero-order chi connectivity index (χ0) is 19.4. The van der Waals surface area contributed by atoms with E-state index in [9.17, 15) is 9.59 Å². The fourth-order valence-electron chi connectivity index (χ4n) is 2.57. The second-order valence-corrected chi connectivity index (χ2v) is 8.37. The summed E-state index contributed by atoms with van der Waals surface area (Å²) in [5.74, 6) is -0.197. The number of amides is 1. The second-order valence-electron chi connectivity index (χ2n) is 5.85. The minimum Gasteiger partial charge on any atom is -0.294 e. The molecule has 1 aliphatic rings. The average molecular weight is 464 g/mol. The number of thioether (sulfide) groups is 1. The zero-order valence-electron chi connectivity index (χ0n) is 14.3. The maximum atomic E-state index is 12.8. The lowest BCUT2D eigenvalue weighted by Crippen LogP contribution is -2.32. The predicted molar refractivity (Wildman–Crippen MR) is 115 cm³/mol. The number of benzene rings is 2. The molecule has 138 valence electrons. The van der Waals surface area contributed by atoms with E-state index in [0.717, 1.165) is 4.47 Å². The van der Waals surface area contributed by atoms with Crippen molar-refractivity contribution in [2.24, 2.45) is 4.99 Å². The van der Waals surface area contributed by atoms with Crippen molar-refractivity contribution in [1.82, 2.24) is 4.90 Å². The quantitative estimate of drug-likeness (QED) is 0.420. The van der Waals surface area contributed by atoms with Crippen LogP contribution in [0.15, 0.2) is 70.7 Å². The number of amidine groups is 1. The number of aliphatic imine (C=N–C) groups is 1. The highest BCUT2D eigenvalue weighted by atomic mass is 79.9. The highest BCUT2D eigenvalue weighted by molar-refractivity contribution is 9.10. The molecule has 0 aliphatic carbocycles. The summed E-state index contributed by atoms with van der Waals surface area (Å²) in [6.07, 6.45) is 1.77. The maximum absolute atomic E-state index is 12.8. The van der Waals surface area contributed by atoms with Gasteiger partial charge >= 0.3 is 0 Å². The van der Waals surface area contributed by atoms with Crippen molar-refractivity contribution in [3.05, 3.63) is 76.2 Å². The lowest BCUT2D eigenvalue weighted by Gasteiger charge is -2.13. The van der Waals surface area contributed by atoms with Crippen LogP contribution in [0.2, 0.25) is 5.02 Å². The molecule has 0 spiro atoms. The van der Waals surface area contributed by atoms with Gasteiger partial charge < -0.3 is 0 Å². The Bertz CT molecular complexity index is 897. The van der Waals surface area contributed by atoms with E-state index in [0.29, 0.717) is 28.0 Å². The van der Waals surface area contributed by atoms with Crippen LogP contribution < -0.4 is 0 Å². The number of hydrogen-bond donors (Lipinski definition) is 0. The first-order chi connectivity index (χ1) is 13.0. The Labute approximate surface area is 175 Å². The summed E-state index contributed by atoms with van der Waals surface area (Å²) in [6.45, 7) is 4.05. The van der Waals surface area contributed by atoms with E-state index < -0.39 is 5.25 Å². The Morgan fingerprint density at radius 3 is 2.52 bits per heavy atom. The summed E-state index contributed by atoms with van der Waals surface area (Å²) in [6, 6.07) is 14.2. The highest BCUT2D eigenvalue weighted by Gasteiger charge is 2.38. The Morgan fingerprint density at radius 1 is 1.22 bits per heavy atom. The third-order valence-corrected chi connectivity index (χ3v) is 5.88. The molecule has 1 fully saturated rings. The van der Waals surface area contributed by atoms with Crippen molar-refractivity contribution in [2.45, 2.75) is 11.7 Å². The number of ketones is 1. The molecule has 0 saturated carbocycles. The summed E-state index contributed by atoms with van der Waals surface area (Å²) in [5, 5.41) is 0.693. The standard InChI is InChI=1S/C20H16BrClN2O2S/c1-2-11-24-19(26)18(12-17(25)13-3-5-14(21)6-4-13)27-20(24)23-16-9-7-15(22)8-10-16/h2-10,18H,1,11-12H2. The Morgan fingerprint density at radius 2 is 1.89 bits per heavy atom. The molecule has 4 nitrogen and oxygen atoms in total. The van der Waals surface area contributed by atoms with E-state index in [1.54, 1.807) is 47.4 Å². The van der Waals surface area contributed by atoms with Gasteiger partial charge in [0.2, 0.25) is 5.91 Å². The summed E-state index contributed by atoms with van der Waals surface area (Å²) >= 11 is 10.6. The van der Waals surface area contributed by atoms with E-state index in [-0.39, 0.29) is 18.1 Å². The first-order valence-electron chi connectivity index (χ1n) is 8.20. The normalized spacial score (nSPS) is 18.1. The number of halogens is 2. The minimum absolute atomic E-state index is 0.0698. The van der Waals surface area contributed by atoms with Gasteiger partial charge in [0.1, 0.15) is 0 Å². The van der Waals surface area contributed by atoms with Crippen LogP contribution >= 0.6 is 39.3 Å². The second kappa shape index (κ2) is 8.87. The molecule has 1 aliphatic heterocycles. The van der Waals surface area contributed by atoms with Crippen LogP contribution in [0, 0.1) is 0 Å². The molecule has 1 heterocycles. The number of carbonyl (C=O) groups is 2. The van der Waals surface area contributed by atoms with Gasteiger partial charge in [-0.05, 0) is 36.4 Å². The number of Topliss-reactive ketones (excluding diaryl/α,β-unsaturated/α-hetero) is 1. The van der Waals surface area contributed by atoms with Gasteiger partial charge in [-0.15, -0.1) is 6.58 Å². The molecule has 7 heteroatoms. The number of rotatable bonds is 6. The van der Waals surface area contributed by atoms with Gasteiger partial charge in [0, 0.05) is 28.0 Å². The Balaban J connectivity index is 1.79. The predicted octanol–water partition coefficient (Wildman–Crippen LogP) is 5.49. The van der Waals surface area contributed by atoms with Crippen molar-refractivity contribution in [2.75, 3.05) is 6.54 Å². The third-order valence-electron chi connectivity index (χ3n) is 3.92. The molecule has 1 amide bonds. The van der Waals surface area contributed by atoms with E-state index in [4.69, 9.17) is 11.6 Å². The fourth-order valence-corrected chi connectivity index (χ4v) is 4.13. The number of nitrogens with zero attached hydrogens (tertiary/aromatic N) is 2. The van der Waals surface area contributed by atoms with Crippen LogP contribution in [0.1, 0.15) is 16.8 Å². The topological polar surface area (TPSA) is 49.7 Å². The Kier molecular flexibility index (Phi) is 6.52. The monoisotopic (exact) mass is 462 g/mol. The lowest BCUT2D eigenvalue weighted by molar-refractivity contribution is -0.125. The van der Waals surface area contributed by atoms with E-state index in [1.807, 2.05) is 12.1 Å². The van der Waals surface area contributed by atoms with Gasteiger partial charge in [0.25, 0.3) is 0 Å².